The molecule has 0 unspecified atom stereocenters. The van der Waals surface area contributed by atoms with Crippen molar-refractivity contribution in [3.05, 3.63) is 42.1 Å². The van der Waals surface area contributed by atoms with Gasteiger partial charge in [0, 0.05) is 11.6 Å². The van der Waals surface area contributed by atoms with Gasteiger partial charge in [-0.3, -0.25) is 9.78 Å². The van der Waals surface area contributed by atoms with E-state index in [1.165, 1.54) is 12.7 Å². The molecule has 0 radical (unpaired) electrons. The van der Waals surface area contributed by atoms with Crippen molar-refractivity contribution in [2.24, 2.45) is 5.41 Å². The summed E-state index contributed by atoms with van der Waals surface area (Å²) in [5.41, 5.74) is 1.89. The van der Waals surface area contributed by atoms with Crippen molar-refractivity contribution in [2.45, 2.75) is 25.7 Å². The van der Waals surface area contributed by atoms with Gasteiger partial charge in [0.25, 0.3) is 0 Å². The van der Waals surface area contributed by atoms with Gasteiger partial charge < -0.3 is 4.74 Å². The molecule has 0 saturated heterocycles. The molecule has 3 heteroatoms. The van der Waals surface area contributed by atoms with Crippen LogP contribution >= 0.6 is 0 Å². The SMILES string of the molecule is COC(=O)C1(Cc2ccc3ncccc3c2)CCC1. The van der Waals surface area contributed by atoms with Crippen molar-refractivity contribution in [2.75, 3.05) is 7.11 Å². The number of pyridine rings is 1. The second kappa shape index (κ2) is 4.65. The van der Waals surface area contributed by atoms with Gasteiger partial charge in [0.15, 0.2) is 0 Å². The van der Waals surface area contributed by atoms with E-state index in [4.69, 9.17) is 4.74 Å². The highest BCUT2D eigenvalue weighted by Gasteiger charge is 2.45. The van der Waals surface area contributed by atoms with Gasteiger partial charge >= 0.3 is 5.97 Å². The number of methoxy groups -OCH3 is 1. The first-order valence-corrected chi connectivity index (χ1v) is 6.66. The van der Waals surface area contributed by atoms with Crippen LogP contribution in [0.3, 0.4) is 0 Å². The summed E-state index contributed by atoms with van der Waals surface area (Å²) in [6, 6.07) is 10.2. The van der Waals surface area contributed by atoms with Gasteiger partial charge in [-0.2, -0.15) is 0 Å². The smallest absolute Gasteiger partial charge is 0.312 e. The Balaban J connectivity index is 1.90. The normalized spacial score (nSPS) is 16.9. The molecular formula is C16H17NO2. The van der Waals surface area contributed by atoms with Crippen LogP contribution in [0.1, 0.15) is 24.8 Å². The zero-order valence-electron chi connectivity index (χ0n) is 11.1. The molecule has 1 aliphatic rings. The number of ether oxygens (including phenoxy) is 1. The Kier molecular flexibility index (Phi) is 2.97. The number of rotatable bonds is 3. The lowest BCUT2D eigenvalue weighted by molar-refractivity contribution is -0.158. The third kappa shape index (κ3) is 2.09. The number of hydrogen-bond donors (Lipinski definition) is 0. The Morgan fingerprint density at radius 1 is 1.37 bits per heavy atom. The Hall–Kier alpha value is -1.90. The van der Waals surface area contributed by atoms with E-state index in [2.05, 4.69) is 23.2 Å². The maximum atomic E-state index is 11.9. The van der Waals surface area contributed by atoms with Crippen LogP contribution in [0.4, 0.5) is 0 Å². The topological polar surface area (TPSA) is 39.2 Å². The highest BCUT2D eigenvalue weighted by Crippen LogP contribution is 2.44. The zero-order chi connectivity index (χ0) is 13.3. The number of carbonyl (C=O) groups excluding carboxylic acids is 1. The standard InChI is InChI=1S/C16H17NO2/c1-19-15(18)16(7-3-8-16)11-12-5-6-14-13(10-12)4-2-9-17-14/h2,4-6,9-10H,3,7-8,11H2,1H3. The van der Waals surface area contributed by atoms with Gasteiger partial charge in [0.2, 0.25) is 0 Å². The summed E-state index contributed by atoms with van der Waals surface area (Å²) in [4.78, 5) is 16.3. The molecule has 1 aliphatic carbocycles. The van der Waals surface area contributed by atoms with Gasteiger partial charge in [-0.25, -0.2) is 0 Å². The summed E-state index contributed by atoms with van der Waals surface area (Å²) < 4.78 is 4.97. The quantitative estimate of drug-likeness (QED) is 0.791. The summed E-state index contributed by atoms with van der Waals surface area (Å²) in [5, 5.41) is 1.12. The molecule has 0 aliphatic heterocycles. The second-order valence-corrected chi connectivity index (χ2v) is 5.33. The molecule has 19 heavy (non-hydrogen) atoms. The van der Waals surface area contributed by atoms with Crippen molar-refractivity contribution < 1.29 is 9.53 Å². The fraction of sp³-hybridized carbons (Fsp3) is 0.375. The van der Waals surface area contributed by atoms with E-state index in [-0.39, 0.29) is 11.4 Å². The minimum absolute atomic E-state index is 0.0648. The van der Waals surface area contributed by atoms with Crippen LogP contribution in [0.5, 0.6) is 0 Å². The van der Waals surface area contributed by atoms with Gasteiger partial charge in [0.1, 0.15) is 0 Å². The number of fused-ring (bicyclic) bond motifs is 1. The third-order valence-electron chi connectivity index (χ3n) is 4.14. The van der Waals surface area contributed by atoms with Crippen molar-refractivity contribution in [3.63, 3.8) is 0 Å². The van der Waals surface area contributed by atoms with Crippen LogP contribution < -0.4 is 0 Å². The average Bonchev–Trinajstić information content (AvgIpc) is 2.42. The lowest BCUT2D eigenvalue weighted by Crippen LogP contribution is -2.40. The first kappa shape index (κ1) is 12.2. The molecule has 1 heterocycles. The van der Waals surface area contributed by atoms with Crippen molar-refractivity contribution in [1.29, 1.82) is 0 Å². The van der Waals surface area contributed by atoms with E-state index in [0.717, 1.165) is 36.6 Å². The lowest BCUT2D eigenvalue weighted by atomic mass is 9.65. The maximum absolute atomic E-state index is 11.9. The van der Waals surface area contributed by atoms with Gasteiger partial charge in [-0.1, -0.05) is 18.6 Å². The largest absolute Gasteiger partial charge is 0.469 e. The fourth-order valence-electron chi connectivity index (χ4n) is 2.90. The first-order chi connectivity index (χ1) is 9.23. The molecule has 0 atom stereocenters. The third-order valence-corrected chi connectivity index (χ3v) is 4.14. The molecule has 0 amide bonds. The van der Waals surface area contributed by atoms with E-state index in [0.29, 0.717) is 0 Å². The van der Waals surface area contributed by atoms with Crippen LogP contribution in [0.25, 0.3) is 10.9 Å². The molecule has 1 fully saturated rings. The lowest BCUT2D eigenvalue weighted by Gasteiger charge is -2.39. The average molecular weight is 255 g/mol. The summed E-state index contributed by atoms with van der Waals surface area (Å²) in [5.74, 6) is -0.0648. The monoisotopic (exact) mass is 255 g/mol. The molecule has 98 valence electrons. The minimum atomic E-state index is -0.287. The molecule has 1 saturated carbocycles. The van der Waals surface area contributed by atoms with E-state index < -0.39 is 0 Å². The minimum Gasteiger partial charge on any atom is -0.469 e. The number of esters is 1. The summed E-state index contributed by atoms with van der Waals surface area (Å²) >= 11 is 0. The Labute approximate surface area is 112 Å². The van der Waals surface area contributed by atoms with Crippen molar-refractivity contribution in [3.8, 4) is 0 Å². The molecule has 3 rings (SSSR count). The maximum Gasteiger partial charge on any atom is 0.312 e. The fourth-order valence-corrected chi connectivity index (χ4v) is 2.90. The number of aromatic nitrogens is 1. The zero-order valence-corrected chi connectivity index (χ0v) is 11.1. The molecule has 1 aromatic carbocycles. The second-order valence-electron chi connectivity index (χ2n) is 5.33. The number of carbonyl (C=O) groups is 1. The van der Waals surface area contributed by atoms with Crippen LogP contribution in [0, 0.1) is 5.41 Å². The number of hydrogen-bond acceptors (Lipinski definition) is 3. The van der Waals surface area contributed by atoms with Gasteiger partial charge in [-0.15, -0.1) is 0 Å². The molecule has 0 spiro atoms. The molecule has 3 nitrogen and oxygen atoms in total. The van der Waals surface area contributed by atoms with Crippen LogP contribution in [-0.2, 0) is 16.0 Å². The van der Waals surface area contributed by atoms with Crippen LogP contribution in [0.15, 0.2) is 36.5 Å². The molecular weight excluding hydrogens is 238 g/mol. The Morgan fingerprint density at radius 2 is 2.21 bits per heavy atom. The summed E-state index contributed by atoms with van der Waals surface area (Å²) in [6.07, 6.45) is 5.55. The Morgan fingerprint density at radius 3 is 2.89 bits per heavy atom. The molecule has 1 aromatic heterocycles. The van der Waals surface area contributed by atoms with Gasteiger partial charge in [-0.05, 0) is 43.0 Å². The number of nitrogens with zero attached hydrogens (tertiary/aromatic N) is 1. The molecule has 0 N–H and O–H groups in total. The number of benzene rings is 1. The highest BCUT2D eigenvalue weighted by molar-refractivity contribution is 5.80. The molecule has 2 aromatic rings. The van der Waals surface area contributed by atoms with E-state index >= 15 is 0 Å². The summed E-state index contributed by atoms with van der Waals surface area (Å²) in [7, 11) is 1.48. The Bertz CT molecular complexity index is 617. The summed E-state index contributed by atoms with van der Waals surface area (Å²) in [6.45, 7) is 0. The van der Waals surface area contributed by atoms with Gasteiger partial charge in [0.05, 0.1) is 18.0 Å². The predicted octanol–water partition coefficient (Wildman–Crippen LogP) is 3.12. The van der Waals surface area contributed by atoms with E-state index in [9.17, 15) is 4.79 Å². The predicted molar refractivity (Wildman–Crippen MR) is 73.7 cm³/mol. The molecule has 0 bridgehead atoms. The highest BCUT2D eigenvalue weighted by atomic mass is 16.5. The van der Waals surface area contributed by atoms with E-state index in [1.807, 2.05) is 12.1 Å². The van der Waals surface area contributed by atoms with Crippen molar-refractivity contribution in [1.82, 2.24) is 4.98 Å². The van der Waals surface area contributed by atoms with Crippen LogP contribution in [-0.4, -0.2) is 18.1 Å². The van der Waals surface area contributed by atoms with Crippen LogP contribution in [0.2, 0.25) is 0 Å². The van der Waals surface area contributed by atoms with Crippen molar-refractivity contribution >= 4 is 16.9 Å². The first-order valence-electron chi connectivity index (χ1n) is 6.66. The van der Waals surface area contributed by atoms with E-state index in [1.54, 1.807) is 6.20 Å².